The molecule has 73 heavy (non-hydrogen) atoms. The Morgan fingerprint density at radius 2 is 0.986 bits per heavy atom. The van der Waals surface area contributed by atoms with Crippen molar-refractivity contribution in [1.82, 2.24) is 38.4 Å². The summed E-state index contributed by atoms with van der Waals surface area (Å²) in [5.74, 6) is 0.272. The maximum absolute atomic E-state index is 13.2. The van der Waals surface area contributed by atoms with Crippen LogP contribution in [0.25, 0.3) is 0 Å². The fraction of sp³-hybridized carbons (Fsp3) is 0.698. The lowest BCUT2D eigenvalue weighted by Crippen LogP contribution is -2.45. The lowest BCUT2D eigenvalue weighted by molar-refractivity contribution is -0.136. The number of aryl methyl sites for hydroxylation is 4. The number of sulfonamides is 2. The molecule has 2 atom stereocenters. The molecule has 0 aliphatic carbocycles. The number of ketones is 3. The van der Waals surface area contributed by atoms with Gasteiger partial charge in [0.2, 0.25) is 26.0 Å². The molecule has 0 radical (unpaired) electrons. The van der Waals surface area contributed by atoms with Crippen LogP contribution in [0.1, 0.15) is 93.4 Å². The van der Waals surface area contributed by atoms with Crippen LogP contribution < -0.4 is 14.8 Å². The molecule has 0 spiro atoms. The van der Waals surface area contributed by atoms with Crippen LogP contribution >= 0.6 is 0 Å². The monoisotopic (exact) mass is 1060 g/mol. The second-order valence-corrected chi connectivity index (χ2v) is 24.7. The first-order chi connectivity index (χ1) is 34.3. The number of methoxy groups -OCH3 is 2. The average molecular weight is 1060 g/mol. The van der Waals surface area contributed by atoms with Gasteiger partial charge in [0, 0.05) is 97.4 Å². The molecule has 0 saturated carbocycles. The van der Waals surface area contributed by atoms with Crippen molar-refractivity contribution < 1.29 is 45.5 Å². The van der Waals surface area contributed by atoms with Crippen LogP contribution in [0.15, 0.2) is 34.1 Å². The number of carbonyl (C=O) groups excluding carboxylic acids is 4. The zero-order chi connectivity index (χ0) is 54.4. The Morgan fingerprint density at radius 3 is 1.36 bits per heavy atom. The van der Waals surface area contributed by atoms with Gasteiger partial charge >= 0.3 is 0 Å². The summed E-state index contributed by atoms with van der Waals surface area (Å²) in [4.78, 5) is 60.0. The number of Topliss-reactive ketones (excluding diaryl/α,β-unsaturated/α-hetero) is 3. The molecular weight excluding hydrogens is 973 g/mol. The Balaban J connectivity index is 0.000000265. The summed E-state index contributed by atoms with van der Waals surface area (Å²) in [6.45, 7) is 17.5. The quantitative estimate of drug-likeness (QED) is 0.186. The number of ether oxygens (including phenoxy) is 2. The number of nitrogens with zero attached hydrogens (tertiary/aromatic N) is 7. The van der Waals surface area contributed by atoms with E-state index >= 15 is 0 Å². The first kappa shape index (κ1) is 61.7. The molecule has 4 fully saturated rings. The van der Waals surface area contributed by atoms with E-state index in [0.717, 1.165) is 61.8 Å². The van der Waals surface area contributed by atoms with Gasteiger partial charge in [0.15, 0.2) is 0 Å². The fourth-order valence-corrected chi connectivity index (χ4v) is 13.6. The molecule has 2 aromatic carbocycles. The third-order valence-electron chi connectivity index (χ3n) is 15.1. The van der Waals surface area contributed by atoms with Crippen molar-refractivity contribution in [2.24, 2.45) is 0 Å². The molecule has 412 valence electrons. The van der Waals surface area contributed by atoms with Gasteiger partial charge in [-0.05, 0) is 167 Å². The zero-order valence-electron chi connectivity index (χ0n) is 46.3. The Hall–Kier alpha value is -3.86. The summed E-state index contributed by atoms with van der Waals surface area (Å²) in [7, 11) is 6.73. The average Bonchev–Trinajstić information content (AvgIpc) is 4.03. The van der Waals surface area contributed by atoms with E-state index < -0.39 is 20.0 Å². The molecule has 1 N–H and O–H groups in total. The number of hydrogen-bond acceptors (Lipinski definition) is 15. The minimum atomic E-state index is -3.78. The van der Waals surface area contributed by atoms with Crippen LogP contribution in [0.5, 0.6) is 11.5 Å². The molecule has 1 amide bonds. The maximum Gasteiger partial charge on any atom is 0.243 e. The number of nitrogens with one attached hydrogen (secondary N) is 1. The van der Waals surface area contributed by atoms with Crippen LogP contribution in [0.2, 0.25) is 0 Å². The SMILES string of the molecule is CN[C@@H]1CCN(C2CCN(C)CC2)C1.COc1cc(C)c(S(=O)(=O)N(C)CCC(=O)CC(=O)N(C)[C@@H]2CCN(C3CCN(C)CC3)C2)c(C)c1.COc1cc(C)c(S(=O)(=O)N(C)CCC(=O)CC(C)=O)c(C)c1. The highest BCUT2D eigenvalue weighted by Gasteiger charge is 2.35. The Labute approximate surface area is 438 Å². The highest BCUT2D eigenvalue weighted by Crippen LogP contribution is 2.30. The van der Waals surface area contributed by atoms with Gasteiger partial charge in [-0.15, -0.1) is 0 Å². The molecule has 0 unspecified atom stereocenters. The highest BCUT2D eigenvalue weighted by atomic mass is 32.2. The van der Waals surface area contributed by atoms with Gasteiger partial charge in [-0.3, -0.25) is 29.0 Å². The van der Waals surface area contributed by atoms with Crippen molar-refractivity contribution >= 4 is 43.3 Å². The molecule has 4 saturated heterocycles. The molecule has 4 heterocycles. The molecule has 4 aliphatic heterocycles. The predicted molar refractivity (Wildman–Crippen MR) is 287 cm³/mol. The summed E-state index contributed by atoms with van der Waals surface area (Å²) in [5, 5.41) is 3.39. The van der Waals surface area contributed by atoms with Crippen molar-refractivity contribution in [3.63, 3.8) is 0 Å². The molecule has 0 aromatic heterocycles. The van der Waals surface area contributed by atoms with Gasteiger partial charge in [0.25, 0.3) is 0 Å². The van der Waals surface area contributed by atoms with Crippen LogP contribution in [0.3, 0.4) is 0 Å². The number of rotatable bonds is 20. The Morgan fingerprint density at radius 1 is 0.603 bits per heavy atom. The summed E-state index contributed by atoms with van der Waals surface area (Å²) < 4.78 is 64.4. The van der Waals surface area contributed by atoms with Gasteiger partial charge in [-0.25, -0.2) is 25.4 Å². The van der Waals surface area contributed by atoms with Crippen molar-refractivity contribution in [3.05, 3.63) is 46.5 Å². The van der Waals surface area contributed by atoms with E-state index in [4.69, 9.17) is 9.47 Å². The summed E-state index contributed by atoms with van der Waals surface area (Å²) >= 11 is 0. The van der Waals surface area contributed by atoms with Gasteiger partial charge in [-0.2, -0.15) is 0 Å². The first-order valence-electron chi connectivity index (χ1n) is 25.9. The van der Waals surface area contributed by atoms with Gasteiger partial charge in [0.05, 0.1) is 36.9 Å². The topological polar surface area (TPSA) is 190 Å². The van der Waals surface area contributed by atoms with Crippen LogP contribution in [-0.2, 0) is 39.2 Å². The largest absolute Gasteiger partial charge is 0.497 e. The van der Waals surface area contributed by atoms with E-state index in [0.29, 0.717) is 39.8 Å². The summed E-state index contributed by atoms with van der Waals surface area (Å²) in [5.41, 5.74) is 2.35. The van der Waals surface area contributed by atoms with Crippen LogP contribution in [0, 0.1) is 27.7 Å². The summed E-state index contributed by atoms with van der Waals surface area (Å²) in [6.07, 6.45) is 6.97. The molecule has 2 aromatic rings. The lowest BCUT2D eigenvalue weighted by atomic mass is 10.0. The van der Waals surface area contributed by atoms with E-state index in [1.165, 1.54) is 85.0 Å². The Bertz CT molecular complexity index is 2360. The summed E-state index contributed by atoms with van der Waals surface area (Å²) in [6, 6.07) is 9.00. The lowest BCUT2D eigenvalue weighted by Gasteiger charge is -2.35. The fourth-order valence-electron chi connectivity index (χ4n) is 10.4. The van der Waals surface area contributed by atoms with E-state index in [-0.39, 0.29) is 77.9 Å². The van der Waals surface area contributed by atoms with Crippen LogP contribution in [0.4, 0.5) is 0 Å². The van der Waals surface area contributed by atoms with Gasteiger partial charge < -0.3 is 29.5 Å². The molecular formula is C53H88N8O10S2. The van der Waals surface area contributed by atoms with Crippen molar-refractivity contribution in [1.29, 1.82) is 0 Å². The smallest absolute Gasteiger partial charge is 0.243 e. The number of benzene rings is 2. The maximum atomic E-state index is 13.2. The molecule has 0 bridgehead atoms. The number of amides is 1. The minimum Gasteiger partial charge on any atom is -0.497 e. The standard InChI is InChI=1S/C26H42N4O5S.C16H23NO5S.C11H23N3/c1-19-15-24(35-6)16-20(2)26(19)36(33,34)28(4)13-10-23(31)17-25(32)29(5)22-9-14-30(18-22)21-7-11-27(3)12-8-21;1-11-8-15(22-5)9-12(2)16(11)23(20,21)17(4)7-6-14(19)10-13(3)18;1-12-10-3-8-14(9-10)11-4-6-13(2)7-5-11/h15-16,21-22H,7-14,17-18H2,1-6H3;8-9H,6-7,10H2,1-5H3;10-12H,3-9H2,1-2H3/t22-;;10-/m1.1/s1. The highest BCUT2D eigenvalue weighted by molar-refractivity contribution is 7.89. The molecule has 18 nitrogen and oxygen atoms in total. The van der Waals surface area contributed by atoms with E-state index in [1.807, 2.05) is 0 Å². The second-order valence-electron chi connectivity index (χ2n) is 20.7. The first-order valence-corrected chi connectivity index (χ1v) is 28.7. The minimum absolute atomic E-state index is 0.00402. The number of hydrogen-bond donors (Lipinski definition) is 1. The van der Waals surface area contributed by atoms with E-state index in [2.05, 4.69) is 46.1 Å². The number of piperidine rings is 2. The number of likely N-dealkylation sites (tertiary alicyclic amines) is 4. The van der Waals surface area contributed by atoms with Crippen molar-refractivity contribution in [3.8, 4) is 11.5 Å². The number of carbonyl (C=O) groups is 4. The molecule has 20 heteroatoms. The Kier molecular flexibility index (Phi) is 23.9. The van der Waals surface area contributed by atoms with Crippen molar-refractivity contribution in [2.45, 2.75) is 133 Å². The predicted octanol–water partition coefficient (Wildman–Crippen LogP) is 4.15. The molecule has 6 rings (SSSR count). The van der Waals surface area contributed by atoms with E-state index in [1.54, 1.807) is 63.9 Å². The zero-order valence-corrected chi connectivity index (χ0v) is 47.9. The van der Waals surface area contributed by atoms with Gasteiger partial charge in [0.1, 0.15) is 28.8 Å². The third-order valence-corrected chi connectivity index (χ3v) is 19.4. The third kappa shape index (κ3) is 17.6. The van der Waals surface area contributed by atoms with Crippen molar-refractivity contribution in [2.75, 3.05) is 122 Å². The van der Waals surface area contributed by atoms with Crippen LogP contribution in [-0.4, -0.2) is 219 Å². The number of likely N-dealkylation sites (N-methyl/N-ethyl adjacent to an activating group) is 2. The van der Waals surface area contributed by atoms with Gasteiger partial charge in [-0.1, -0.05) is 0 Å². The second kappa shape index (κ2) is 28.3. The van der Waals surface area contributed by atoms with E-state index in [9.17, 15) is 36.0 Å². The normalized spacial score (nSPS) is 19.8. The molecule has 4 aliphatic rings.